The minimum atomic E-state index is 0.206. The Morgan fingerprint density at radius 2 is 1.71 bits per heavy atom. The van der Waals surface area contributed by atoms with Gasteiger partial charge in [0.1, 0.15) is 11.5 Å². The Morgan fingerprint density at radius 1 is 1.12 bits per heavy atom. The molecule has 0 amide bonds. The van der Waals surface area contributed by atoms with Crippen molar-refractivity contribution in [3.8, 4) is 11.5 Å². The van der Waals surface area contributed by atoms with Crippen molar-refractivity contribution in [2.75, 3.05) is 13.7 Å². The van der Waals surface area contributed by atoms with E-state index in [0.717, 1.165) is 24.5 Å². The van der Waals surface area contributed by atoms with E-state index in [4.69, 9.17) is 9.47 Å². The molecule has 2 unspecified atom stereocenters. The fraction of sp³-hybridized carbons (Fsp3) is 0.571. The van der Waals surface area contributed by atoms with Crippen LogP contribution in [0.1, 0.15) is 27.2 Å². The first-order chi connectivity index (χ1) is 8.15. The van der Waals surface area contributed by atoms with E-state index in [1.165, 1.54) is 0 Å². The van der Waals surface area contributed by atoms with Gasteiger partial charge in [-0.1, -0.05) is 6.92 Å². The van der Waals surface area contributed by atoms with Crippen LogP contribution in [-0.2, 0) is 0 Å². The van der Waals surface area contributed by atoms with Crippen LogP contribution in [0, 0.1) is 0 Å². The van der Waals surface area contributed by atoms with Crippen molar-refractivity contribution in [3.63, 3.8) is 0 Å². The van der Waals surface area contributed by atoms with Crippen molar-refractivity contribution in [1.82, 2.24) is 5.32 Å². The van der Waals surface area contributed by atoms with Gasteiger partial charge in [0.05, 0.1) is 13.2 Å². The molecule has 0 saturated heterocycles. The highest BCUT2D eigenvalue weighted by atomic mass is 16.5. The summed E-state index contributed by atoms with van der Waals surface area (Å²) in [6.45, 7) is 7.39. The SMILES string of the molecule is CCNC(C)CC(C)Oc1ccc(OC)cc1. The van der Waals surface area contributed by atoms with E-state index in [1.807, 2.05) is 24.3 Å². The average molecular weight is 237 g/mol. The minimum absolute atomic E-state index is 0.206. The Bertz CT molecular complexity index is 311. The second-order valence-electron chi connectivity index (χ2n) is 4.30. The summed E-state index contributed by atoms with van der Waals surface area (Å²) < 4.78 is 10.9. The fourth-order valence-corrected chi connectivity index (χ4v) is 1.86. The maximum Gasteiger partial charge on any atom is 0.119 e. The molecule has 0 aliphatic heterocycles. The van der Waals surface area contributed by atoms with Crippen LogP contribution in [0.15, 0.2) is 24.3 Å². The molecule has 96 valence electrons. The summed E-state index contributed by atoms with van der Waals surface area (Å²) in [7, 11) is 1.66. The summed E-state index contributed by atoms with van der Waals surface area (Å²) in [4.78, 5) is 0. The molecule has 1 aromatic rings. The molecule has 0 radical (unpaired) electrons. The van der Waals surface area contributed by atoms with Gasteiger partial charge in [0.15, 0.2) is 0 Å². The van der Waals surface area contributed by atoms with Gasteiger partial charge >= 0.3 is 0 Å². The third-order valence-electron chi connectivity index (χ3n) is 2.63. The molecule has 0 aliphatic rings. The molecular weight excluding hydrogens is 214 g/mol. The first kappa shape index (κ1) is 13.8. The summed E-state index contributed by atoms with van der Waals surface area (Å²) in [6, 6.07) is 8.18. The van der Waals surface area contributed by atoms with Gasteiger partial charge in [-0.3, -0.25) is 0 Å². The molecule has 1 rings (SSSR count). The highest BCUT2D eigenvalue weighted by molar-refractivity contribution is 5.31. The third-order valence-corrected chi connectivity index (χ3v) is 2.63. The van der Waals surface area contributed by atoms with E-state index < -0.39 is 0 Å². The number of benzene rings is 1. The van der Waals surface area contributed by atoms with Crippen LogP contribution in [0.3, 0.4) is 0 Å². The maximum atomic E-state index is 5.84. The molecule has 1 N–H and O–H groups in total. The lowest BCUT2D eigenvalue weighted by atomic mass is 10.1. The van der Waals surface area contributed by atoms with E-state index in [1.54, 1.807) is 7.11 Å². The fourth-order valence-electron chi connectivity index (χ4n) is 1.86. The summed E-state index contributed by atoms with van der Waals surface area (Å²) in [5.74, 6) is 1.74. The zero-order valence-corrected chi connectivity index (χ0v) is 11.2. The second kappa shape index (κ2) is 7.17. The topological polar surface area (TPSA) is 30.5 Å². The van der Waals surface area contributed by atoms with Gasteiger partial charge in [-0.05, 0) is 51.1 Å². The van der Waals surface area contributed by atoms with E-state index in [0.29, 0.717) is 6.04 Å². The number of hydrogen-bond donors (Lipinski definition) is 1. The standard InChI is InChI=1S/C14H23NO2/c1-5-15-11(2)10-12(3)17-14-8-6-13(16-4)7-9-14/h6-9,11-12,15H,5,10H2,1-4H3. The predicted molar refractivity (Wildman–Crippen MR) is 70.8 cm³/mol. The molecule has 3 heteroatoms. The Kier molecular flexibility index (Phi) is 5.84. The maximum absolute atomic E-state index is 5.84. The van der Waals surface area contributed by atoms with Gasteiger partial charge in [-0.15, -0.1) is 0 Å². The lowest BCUT2D eigenvalue weighted by molar-refractivity contribution is 0.196. The number of hydrogen-bond acceptors (Lipinski definition) is 3. The smallest absolute Gasteiger partial charge is 0.119 e. The van der Waals surface area contributed by atoms with Gasteiger partial charge < -0.3 is 14.8 Å². The quantitative estimate of drug-likeness (QED) is 0.791. The minimum Gasteiger partial charge on any atom is -0.497 e. The molecule has 0 saturated carbocycles. The molecule has 0 aliphatic carbocycles. The van der Waals surface area contributed by atoms with E-state index in [-0.39, 0.29) is 6.10 Å². The molecular formula is C14H23NO2. The summed E-state index contributed by atoms with van der Waals surface area (Å²) >= 11 is 0. The van der Waals surface area contributed by atoms with Gasteiger partial charge in [-0.2, -0.15) is 0 Å². The lowest BCUT2D eigenvalue weighted by Crippen LogP contribution is -2.30. The van der Waals surface area contributed by atoms with Gasteiger partial charge in [0, 0.05) is 6.04 Å². The summed E-state index contributed by atoms with van der Waals surface area (Å²) in [5.41, 5.74) is 0. The molecule has 0 fully saturated rings. The van der Waals surface area contributed by atoms with Crippen LogP contribution in [-0.4, -0.2) is 25.8 Å². The third kappa shape index (κ3) is 5.09. The highest BCUT2D eigenvalue weighted by Crippen LogP contribution is 2.19. The van der Waals surface area contributed by atoms with E-state index >= 15 is 0 Å². The second-order valence-corrected chi connectivity index (χ2v) is 4.30. The number of nitrogens with one attached hydrogen (secondary N) is 1. The van der Waals surface area contributed by atoms with Crippen LogP contribution in [0.2, 0.25) is 0 Å². The van der Waals surface area contributed by atoms with Gasteiger partial charge in [-0.25, -0.2) is 0 Å². The molecule has 3 nitrogen and oxygen atoms in total. The highest BCUT2D eigenvalue weighted by Gasteiger charge is 2.09. The molecule has 2 atom stereocenters. The zero-order valence-electron chi connectivity index (χ0n) is 11.2. The first-order valence-electron chi connectivity index (χ1n) is 6.19. The van der Waals surface area contributed by atoms with Crippen LogP contribution < -0.4 is 14.8 Å². The first-order valence-corrected chi connectivity index (χ1v) is 6.19. The Labute approximate surface area is 104 Å². The van der Waals surface area contributed by atoms with Gasteiger partial charge in [0.25, 0.3) is 0 Å². The van der Waals surface area contributed by atoms with Crippen LogP contribution >= 0.6 is 0 Å². The zero-order chi connectivity index (χ0) is 12.7. The number of methoxy groups -OCH3 is 1. The average Bonchev–Trinajstić information content (AvgIpc) is 2.30. The summed E-state index contributed by atoms with van der Waals surface area (Å²) in [5, 5.41) is 3.38. The van der Waals surface area contributed by atoms with Crippen molar-refractivity contribution in [2.45, 2.75) is 39.3 Å². The van der Waals surface area contributed by atoms with E-state index in [9.17, 15) is 0 Å². The molecule has 0 bridgehead atoms. The van der Waals surface area contributed by atoms with Gasteiger partial charge in [0.2, 0.25) is 0 Å². The van der Waals surface area contributed by atoms with Crippen molar-refractivity contribution in [2.24, 2.45) is 0 Å². The molecule has 1 aromatic carbocycles. The molecule has 0 spiro atoms. The predicted octanol–water partition coefficient (Wildman–Crippen LogP) is 2.85. The molecule has 17 heavy (non-hydrogen) atoms. The molecule has 0 aromatic heterocycles. The number of ether oxygens (including phenoxy) is 2. The van der Waals surface area contributed by atoms with Crippen molar-refractivity contribution in [1.29, 1.82) is 0 Å². The molecule has 0 heterocycles. The van der Waals surface area contributed by atoms with Crippen molar-refractivity contribution >= 4 is 0 Å². The largest absolute Gasteiger partial charge is 0.497 e. The van der Waals surface area contributed by atoms with Crippen molar-refractivity contribution in [3.05, 3.63) is 24.3 Å². The Balaban J connectivity index is 2.41. The van der Waals surface area contributed by atoms with E-state index in [2.05, 4.69) is 26.1 Å². The number of rotatable bonds is 7. The van der Waals surface area contributed by atoms with Crippen LogP contribution in [0.25, 0.3) is 0 Å². The normalized spacial score (nSPS) is 14.1. The Morgan fingerprint density at radius 3 is 2.24 bits per heavy atom. The van der Waals surface area contributed by atoms with Crippen LogP contribution in [0.5, 0.6) is 11.5 Å². The summed E-state index contributed by atoms with van der Waals surface area (Å²) in [6.07, 6.45) is 1.21. The lowest BCUT2D eigenvalue weighted by Gasteiger charge is -2.19. The monoisotopic (exact) mass is 237 g/mol. The van der Waals surface area contributed by atoms with Crippen molar-refractivity contribution < 1.29 is 9.47 Å². The van der Waals surface area contributed by atoms with Crippen LogP contribution in [0.4, 0.5) is 0 Å². The Hall–Kier alpha value is -1.22.